The fraction of sp³-hybridized carbons (Fsp3) is 0.524. The number of thiophene rings is 1. The number of benzene rings is 1. The monoisotopic (exact) mass is 374 g/mol. The predicted octanol–water partition coefficient (Wildman–Crippen LogP) is 4.21. The molecule has 4 nitrogen and oxygen atoms in total. The molecule has 26 heavy (non-hydrogen) atoms. The maximum absolute atomic E-state index is 6.57. The van der Waals surface area contributed by atoms with Gasteiger partial charge in [-0.2, -0.15) is 0 Å². The van der Waals surface area contributed by atoms with E-state index >= 15 is 0 Å². The lowest BCUT2D eigenvalue weighted by Crippen LogP contribution is -2.39. The molecule has 0 saturated heterocycles. The van der Waals surface area contributed by atoms with Crippen molar-refractivity contribution < 1.29 is 9.47 Å². The lowest BCUT2D eigenvalue weighted by molar-refractivity contribution is 0.242. The molecule has 1 aromatic heterocycles. The van der Waals surface area contributed by atoms with Crippen LogP contribution in [0.15, 0.2) is 29.6 Å². The first-order chi connectivity index (χ1) is 12.5. The van der Waals surface area contributed by atoms with Crippen molar-refractivity contribution in [3.63, 3.8) is 0 Å². The molecule has 1 unspecified atom stereocenters. The van der Waals surface area contributed by atoms with Crippen LogP contribution in [0.2, 0.25) is 0 Å². The SMILES string of the molecule is COc1cc2c(cc1OC)CN(CCC(C)(N)CCCc1cccs1)C2. The standard InChI is InChI=1S/C21H30N2O2S/c1-21(22,8-4-6-18-7-5-11-26-18)9-10-23-14-16-12-19(24-2)20(25-3)13-17(16)15-23/h5,7,11-13H,4,6,8-10,14-15,22H2,1-3H3. The minimum absolute atomic E-state index is 0.110. The number of nitrogens with zero attached hydrogens (tertiary/aromatic N) is 1. The Morgan fingerprint density at radius 3 is 2.31 bits per heavy atom. The molecule has 2 N–H and O–H groups in total. The van der Waals surface area contributed by atoms with Gasteiger partial charge in [-0.25, -0.2) is 0 Å². The molecule has 142 valence electrons. The summed E-state index contributed by atoms with van der Waals surface area (Å²) in [6.07, 6.45) is 4.37. The van der Waals surface area contributed by atoms with Gasteiger partial charge in [-0.15, -0.1) is 11.3 Å². The molecule has 0 bridgehead atoms. The first-order valence-electron chi connectivity index (χ1n) is 9.28. The quantitative estimate of drug-likeness (QED) is 0.714. The second-order valence-electron chi connectivity index (χ2n) is 7.52. The van der Waals surface area contributed by atoms with Crippen LogP contribution in [0.4, 0.5) is 0 Å². The molecule has 0 spiro atoms. The van der Waals surface area contributed by atoms with E-state index in [1.54, 1.807) is 14.2 Å². The van der Waals surface area contributed by atoms with E-state index in [0.717, 1.165) is 56.8 Å². The molecule has 0 fully saturated rings. The van der Waals surface area contributed by atoms with Crippen molar-refractivity contribution in [2.24, 2.45) is 5.73 Å². The fourth-order valence-electron chi connectivity index (χ4n) is 3.61. The minimum atomic E-state index is -0.110. The molecular weight excluding hydrogens is 344 g/mol. The Bertz CT molecular complexity index is 680. The fourth-order valence-corrected chi connectivity index (χ4v) is 4.36. The molecule has 0 saturated carbocycles. The van der Waals surface area contributed by atoms with Gasteiger partial charge in [0.25, 0.3) is 0 Å². The number of aryl methyl sites for hydroxylation is 1. The normalized spacial score (nSPS) is 16.3. The van der Waals surface area contributed by atoms with Crippen LogP contribution in [0.25, 0.3) is 0 Å². The molecule has 1 aliphatic heterocycles. The number of methoxy groups -OCH3 is 2. The van der Waals surface area contributed by atoms with E-state index in [9.17, 15) is 0 Å². The number of fused-ring (bicyclic) bond motifs is 1. The summed E-state index contributed by atoms with van der Waals surface area (Å²) in [4.78, 5) is 3.92. The van der Waals surface area contributed by atoms with E-state index in [1.807, 2.05) is 11.3 Å². The maximum atomic E-state index is 6.57. The van der Waals surface area contributed by atoms with Crippen LogP contribution in [-0.4, -0.2) is 31.2 Å². The van der Waals surface area contributed by atoms with Gasteiger partial charge in [0.2, 0.25) is 0 Å². The number of hydrogen-bond donors (Lipinski definition) is 1. The first-order valence-corrected chi connectivity index (χ1v) is 10.2. The van der Waals surface area contributed by atoms with Crippen LogP contribution in [0.5, 0.6) is 11.5 Å². The van der Waals surface area contributed by atoms with E-state index in [-0.39, 0.29) is 5.54 Å². The molecule has 1 aliphatic rings. The Hall–Kier alpha value is -1.56. The molecule has 0 radical (unpaired) electrons. The lowest BCUT2D eigenvalue weighted by Gasteiger charge is -2.27. The molecular formula is C21H30N2O2S. The van der Waals surface area contributed by atoms with Gasteiger partial charge >= 0.3 is 0 Å². The van der Waals surface area contributed by atoms with E-state index in [2.05, 4.69) is 41.5 Å². The number of rotatable bonds is 9. The Kier molecular flexibility index (Phi) is 6.22. The minimum Gasteiger partial charge on any atom is -0.493 e. The second-order valence-corrected chi connectivity index (χ2v) is 8.56. The van der Waals surface area contributed by atoms with Crippen molar-refractivity contribution in [3.8, 4) is 11.5 Å². The largest absolute Gasteiger partial charge is 0.493 e. The third kappa shape index (κ3) is 4.78. The van der Waals surface area contributed by atoms with Gasteiger partial charge < -0.3 is 15.2 Å². The van der Waals surface area contributed by atoms with Gasteiger partial charge in [-0.1, -0.05) is 6.07 Å². The first kappa shape index (κ1) is 19.2. The van der Waals surface area contributed by atoms with Crippen LogP contribution in [0.3, 0.4) is 0 Å². The molecule has 3 rings (SSSR count). The van der Waals surface area contributed by atoms with E-state index in [1.165, 1.54) is 16.0 Å². The van der Waals surface area contributed by atoms with Crippen LogP contribution < -0.4 is 15.2 Å². The molecule has 1 atom stereocenters. The Labute approximate surface area is 160 Å². The smallest absolute Gasteiger partial charge is 0.161 e. The highest BCUT2D eigenvalue weighted by molar-refractivity contribution is 7.09. The summed E-state index contributed by atoms with van der Waals surface area (Å²) in [5.41, 5.74) is 9.12. The van der Waals surface area contributed by atoms with Gasteiger partial charge in [-0.3, -0.25) is 4.90 Å². The summed E-state index contributed by atoms with van der Waals surface area (Å²) < 4.78 is 10.8. The topological polar surface area (TPSA) is 47.7 Å². The Morgan fingerprint density at radius 1 is 1.12 bits per heavy atom. The summed E-state index contributed by atoms with van der Waals surface area (Å²) in [6, 6.07) is 8.55. The highest BCUT2D eigenvalue weighted by Gasteiger charge is 2.25. The molecule has 5 heteroatoms. The van der Waals surface area contributed by atoms with Gasteiger partial charge in [0.15, 0.2) is 11.5 Å². The molecule has 0 aliphatic carbocycles. The molecule has 1 aromatic carbocycles. The number of ether oxygens (including phenoxy) is 2. The van der Waals surface area contributed by atoms with Gasteiger partial charge in [0.1, 0.15) is 0 Å². The van der Waals surface area contributed by atoms with Crippen LogP contribution in [-0.2, 0) is 19.5 Å². The summed E-state index contributed by atoms with van der Waals surface area (Å²) in [5.74, 6) is 1.62. The summed E-state index contributed by atoms with van der Waals surface area (Å²) in [7, 11) is 3.38. The van der Waals surface area contributed by atoms with Gasteiger partial charge in [0.05, 0.1) is 14.2 Å². The van der Waals surface area contributed by atoms with Crippen LogP contribution in [0, 0.1) is 0 Å². The molecule has 0 amide bonds. The average molecular weight is 375 g/mol. The van der Waals surface area contributed by atoms with Crippen molar-refractivity contribution in [3.05, 3.63) is 45.6 Å². The van der Waals surface area contributed by atoms with Crippen LogP contribution >= 0.6 is 11.3 Å². The van der Waals surface area contributed by atoms with E-state index in [4.69, 9.17) is 15.2 Å². The van der Waals surface area contributed by atoms with Gasteiger partial charge in [0, 0.05) is 30.1 Å². The van der Waals surface area contributed by atoms with Crippen molar-refractivity contribution >= 4 is 11.3 Å². The van der Waals surface area contributed by atoms with E-state index in [0.29, 0.717) is 0 Å². The zero-order valence-electron chi connectivity index (χ0n) is 16.1. The number of nitrogens with two attached hydrogens (primary N) is 1. The molecule has 2 aromatic rings. The highest BCUT2D eigenvalue weighted by Crippen LogP contribution is 2.35. The second kappa shape index (κ2) is 8.42. The zero-order chi connectivity index (χ0) is 18.6. The molecule has 2 heterocycles. The summed E-state index contributed by atoms with van der Waals surface area (Å²) in [6.45, 7) is 5.13. The highest BCUT2D eigenvalue weighted by atomic mass is 32.1. The Morgan fingerprint density at radius 2 is 1.77 bits per heavy atom. The predicted molar refractivity (Wildman–Crippen MR) is 108 cm³/mol. The van der Waals surface area contributed by atoms with Crippen molar-refractivity contribution in [1.29, 1.82) is 0 Å². The van der Waals surface area contributed by atoms with E-state index < -0.39 is 0 Å². The maximum Gasteiger partial charge on any atom is 0.161 e. The van der Waals surface area contributed by atoms with Crippen molar-refractivity contribution in [2.45, 2.75) is 51.2 Å². The third-order valence-corrected chi connectivity index (χ3v) is 6.18. The summed E-state index contributed by atoms with van der Waals surface area (Å²) in [5, 5.41) is 2.14. The van der Waals surface area contributed by atoms with Crippen molar-refractivity contribution in [1.82, 2.24) is 4.90 Å². The lowest BCUT2D eigenvalue weighted by atomic mass is 9.92. The number of hydrogen-bond acceptors (Lipinski definition) is 5. The third-order valence-electron chi connectivity index (χ3n) is 5.24. The average Bonchev–Trinajstić information content (AvgIpc) is 3.27. The van der Waals surface area contributed by atoms with Crippen LogP contribution in [0.1, 0.15) is 42.2 Å². The zero-order valence-corrected chi connectivity index (χ0v) is 16.9. The summed E-state index contributed by atoms with van der Waals surface area (Å²) >= 11 is 1.84. The van der Waals surface area contributed by atoms with Gasteiger partial charge in [-0.05, 0) is 67.3 Å². The van der Waals surface area contributed by atoms with Crippen molar-refractivity contribution in [2.75, 3.05) is 20.8 Å². The Balaban J connectivity index is 1.48.